The minimum atomic E-state index is 0.533. The Labute approximate surface area is 158 Å². The SMILES string of the molecule is COc1ccc(Cl)cc1Nc1cc(C)nc(Nc2c(C)cccc2C)n1. The molecule has 3 aromatic rings. The number of aryl methyl sites for hydroxylation is 3. The molecule has 0 unspecified atom stereocenters. The number of ether oxygens (including phenoxy) is 1. The minimum absolute atomic E-state index is 0.533. The largest absolute Gasteiger partial charge is 0.495 e. The van der Waals surface area contributed by atoms with Gasteiger partial charge < -0.3 is 15.4 Å². The van der Waals surface area contributed by atoms with Crippen LogP contribution in [-0.2, 0) is 0 Å². The molecule has 0 bridgehead atoms. The van der Waals surface area contributed by atoms with Gasteiger partial charge in [-0.15, -0.1) is 0 Å². The highest BCUT2D eigenvalue weighted by atomic mass is 35.5. The van der Waals surface area contributed by atoms with Crippen molar-refractivity contribution < 1.29 is 4.74 Å². The second-order valence-electron chi connectivity index (χ2n) is 6.08. The lowest BCUT2D eigenvalue weighted by Crippen LogP contribution is -2.04. The summed E-state index contributed by atoms with van der Waals surface area (Å²) in [4.78, 5) is 9.07. The fourth-order valence-corrected chi connectivity index (χ4v) is 2.90. The number of nitrogens with one attached hydrogen (secondary N) is 2. The van der Waals surface area contributed by atoms with Gasteiger partial charge in [0, 0.05) is 22.5 Å². The normalized spacial score (nSPS) is 10.5. The van der Waals surface area contributed by atoms with E-state index in [0.29, 0.717) is 22.5 Å². The maximum atomic E-state index is 6.10. The average Bonchev–Trinajstić information content (AvgIpc) is 2.58. The zero-order valence-corrected chi connectivity index (χ0v) is 16.0. The third kappa shape index (κ3) is 4.06. The van der Waals surface area contributed by atoms with Crippen LogP contribution in [0.1, 0.15) is 16.8 Å². The van der Waals surface area contributed by atoms with Gasteiger partial charge in [-0.2, -0.15) is 4.98 Å². The first kappa shape index (κ1) is 18.0. The Morgan fingerprint density at radius 3 is 2.35 bits per heavy atom. The van der Waals surface area contributed by atoms with Gasteiger partial charge in [0.05, 0.1) is 12.8 Å². The summed E-state index contributed by atoms with van der Waals surface area (Å²) in [5.41, 5.74) is 4.89. The Morgan fingerprint density at radius 2 is 1.65 bits per heavy atom. The van der Waals surface area contributed by atoms with E-state index in [1.807, 2.05) is 25.1 Å². The predicted octanol–water partition coefficient (Wildman–Crippen LogP) is 5.55. The molecule has 0 aliphatic rings. The van der Waals surface area contributed by atoms with Gasteiger partial charge in [0.2, 0.25) is 5.95 Å². The lowest BCUT2D eigenvalue weighted by Gasteiger charge is -2.14. The van der Waals surface area contributed by atoms with E-state index in [0.717, 1.165) is 28.2 Å². The first-order valence-corrected chi connectivity index (χ1v) is 8.63. The molecule has 3 rings (SSSR count). The van der Waals surface area contributed by atoms with E-state index in [-0.39, 0.29) is 0 Å². The summed E-state index contributed by atoms with van der Waals surface area (Å²) in [5.74, 6) is 1.88. The molecule has 134 valence electrons. The second-order valence-corrected chi connectivity index (χ2v) is 6.52. The molecule has 0 spiro atoms. The van der Waals surface area contributed by atoms with Gasteiger partial charge in [0.15, 0.2) is 0 Å². The van der Waals surface area contributed by atoms with Crippen molar-refractivity contribution in [2.45, 2.75) is 20.8 Å². The van der Waals surface area contributed by atoms with Crippen LogP contribution in [0.25, 0.3) is 0 Å². The summed E-state index contributed by atoms with van der Waals surface area (Å²) in [6, 6.07) is 13.4. The fraction of sp³-hybridized carbons (Fsp3) is 0.200. The summed E-state index contributed by atoms with van der Waals surface area (Å²) < 4.78 is 5.38. The van der Waals surface area contributed by atoms with Crippen molar-refractivity contribution in [2.24, 2.45) is 0 Å². The van der Waals surface area contributed by atoms with Crippen molar-refractivity contribution in [3.63, 3.8) is 0 Å². The molecule has 0 radical (unpaired) electrons. The minimum Gasteiger partial charge on any atom is -0.495 e. The van der Waals surface area contributed by atoms with Crippen molar-refractivity contribution in [3.05, 3.63) is 64.3 Å². The highest BCUT2D eigenvalue weighted by Gasteiger charge is 2.09. The molecule has 0 aliphatic carbocycles. The molecular formula is C20H21ClN4O. The van der Waals surface area contributed by atoms with Crippen molar-refractivity contribution in [1.29, 1.82) is 0 Å². The van der Waals surface area contributed by atoms with Crippen LogP contribution in [0.4, 0.5) is 23.1 Å². The van der Waals surface area contributed by atoms with Crippen molar-refractivity contribution in [1.82, 2.24) is 9.97 Å². The molecule has 0 saturated carbocycles. The maximum absolute atomic E-state index is 6.10. The molecule has 0 fully saturated rings. The van der Waals surface area contributed by atoms with Crippen LogP contribution >= 0.6 is 11.6 Å². The van der Waals surface area contributed by atoms with E-state index in [4.69, 9.17) is 16.3 Å². The predicted molar refractivity (Wildman–Crippen MR) is 107 cm³/mol. The van der Waals surface area contributed by atoms with E-state index in [9.17, 15) is 0 Å². The molecule has 6 heteroatoms. The number of halogens is 1. The van der Waals surface area contributed by atoms with Crippen molar-refractivity contribution in [2.75, 3.05) is 17.7 Å². The van der Waals surface area contributed by atoms with Crippen molar-refractivity contribution >= 4 is 34.7 Å². The summed E-state index contributed by atoms with van der Waals surface area (Å²) >= 11 is 6.10. The first-order valence-electron chi connectivity index (χ1n) is 8.26. The summed E-state index contributed by atoms with van der Waals surface area (Å²) in [5, 5.41) is 7.21. The molecule has 1 heterocycles. The van der Waals surface area contributed by atoms with E-state index < -0.39 is 0 Å². The summed E-state index contributed by atoms with van der Waals surface area (Å²) in [6.07, 6.45) is 0. The topological polar surface area (TPSA) is 59.1 Å². The van der Waals surface area contributed by atoms with Crippen LogP contribution in [0.3, 0.4) is 0 Å². The van der Waals surface area contributed by atoms with Gasteiger partial charge in [-0.05, 0) is 50.1 Å². The third-order valence-electron chi connectivity index (χ3n) is 4.00. The third-order valence-corrected chi connectivity index (χ3v) is 4.23. The van der Waals surface area contributed by atoms with Crippen LogP contribution in [-0.4, -0.2) is 17.1 Å². The molecule has 26 heavy (non-hydrogen) atoms. The number of rotatable bonds is 5. The van der Waals surface area contributed by atoms with E-state index in [1.165, 1.54) is 0 Å². The standard InChI is InChI=1S/C20H21ClN4O/c1-12-6-5-7-13(2)19(12)25-20-22-14(3)10-18(24-20)23-16-11-15(21)8-9-17(16)26-4/h5-11H,1-4H3,(H2,22,23,24,25). The molecular weight excluding hydrogens is 348 g/mol. The summed E-state index contributed by atoms with van der Waals surface area (Å²) in [7, 11) is 1.62. The number of hydrogen-bond donors (Lipinski definition) is 2. The zero-order valence-electron chi connectivity index (χ0n) is 15.2. The molecule has 2 N–H and O–H groups in total. The number of aromatic nitrogens is 2. The smallest absolute Gasteiger partial charge is 0.229 e. The van der Waals surface area contributed by atoms with Crippen LogP contribution in [0.15, 0.2) is 42.5 Å². The summed E-state index contributed by atoms with van der Waals surface area (Å²) in [6.45, 7) is 6.04. The maximum Gasteiger partial charge on any atom is 0.229 e. The van der Waals surface area contributed by atoms with Gasteiger partial charge in [-0.3, -0.25) is 0 Å². The molecule has 2 aromatic carbocycles. The highest BCUT2D eigenvalue weighted by molar-refractivity contribution is 6.31. The Bertz CT molecular complexity index is 923. The molecule has 0 saturated heterocycles. The van der Waals surface area contributed by atoms with Crippen LogP contribution < -0.4 is 15.4 Å². The number of hydrogen-bond acceptors (Lipinski definition) is 5. The monoisotopic (exact) mass is 368 g/mol. The van der Waals surface area contributed by atoms with E-state index in [1.54, 1.807) is 19.2 Å². The van der Waals surface area contributed by atoms with Gasteiger partial charge in [0.25, 0.3) is 0 Å². The number of methoxy groups -OCH3 is 1. The van der Waals surface area contributed by atoms with E-state index in [2.05, 4.69) is 46.6 Å². The number of para-hydroxylation sites is 1. The number of benzene rings is 2. The van der Waals surface area contributed by atoms with Gasteiger partial charge in [-0.25, -0.2) is 4.98 Å². The lowest BCUT2D eigenvalue weighted by molar-refractivity contribution is 0.417. The Kier molecular flexibility index (Phi) is 5.28. The quantitative estimate of drug-likeness (QED) is 0.618. The molecule has 0 atom stereocenters. The first-order chi connectivity index (χ1) is 12.5. The van der Waals surface area contributed by atoms with Crippen LogP contribution in [0.5, 0.6) is 5.75 Å². The van der Waals surface area contributed by atoms with Crippen LogP contribution in [0.2, 0.25) is 5.02 Å². The Hall–Kier alpha value is -2.79. The second kappa shape index (κ2) is 7.62. The van der Waals surface area contributed by atoms with Crippen molar-refractivity contribution in [3.8, 4) is 5.75 Å². The number of anilines is 4. The van der Waals surface area contributed by atoms with Crippen LogP contribution in [0, 0.1) is 20.8 Å². The molecule has 0 amide bonds. The zero-order chi connectivity index (χ0) is 18.7. The Balaban J connectivity index is 1.92. The highest BCUT2D eigenvalue weighted by Crippen LogP contribution is 2.31. The van der Waals surface area contributed by atoms with Gasteiger partial charge in [-0.1, -0.05) is 29.8 Å². The fourth-order valence-electron chi connectivity index (χ4n) is 2.73. The van der Waals surface area contributed by atoms with Gasteiger partial charge in [0.1, 0.15) is 11.6 Å². The molecule has 5 nitrogen and oxygen atoms in total. The van der Waals surface area contributed by atoms with E-state index >= 15 is 0 Å². The molecule has 0 aliphatic heterocycles. The molecule has 1 aromatic heterocycles. The lowest BCUT2D eigenvalue weighted by atomic mass is 10.1. The van der Waals surface area contributed by atoms with Gasteiger partial charge >= 0.3 is 0 Å². The number of nitrogens with zero attached hydrogens (tertiary/aromatic N) is 2. The average molecular weight is 369 g/mol. The Morgan fingerprint density at radius 1 is 0.923 bits per heavy atom.